The molecule has 1 fully saturated rings. The van der Waals surface area contributed by atoms with Crippen LogP contribution in [0.5, 0.6) is 5.75 Å². The number of hydrogen-bond donors (Lipinski definition) is 4. The molecule has 5 atom stereocenters. The molecular weight excluding hydrogens is 737 g/mol. The van der Waals surface area contributed by atoms with E-state index in [4.69, 9.17) is 42.5 Å². The second-order valence-electron chi connectivity index (χ2n) is 13.6. The number of carbonyl (C=O) groups excluding carboxylic acids is 3. The largest absolute Gasteiger partial charge is 0.495 e. The molecule has 16 heteroatoms. The number of benzene rings is 3. The van der Waals surface area contributed by atoms with Crippen molar-refractivity contribution in [1.29, 1.82) is 0 Å². The molecule has 1 heterocycles. The summed E-state index contributed by atoms with van der Waals surface area (Å²) < 4.78 is 47.4. The van der Waals surface area contributed by atoms with Crippen LogP contribution in [0.4, 0.5) is 19.3 Å². The summed E-state index contributed by atoms with van der Waals surface area (Å²) >= 11 is 12.5. The monoisotopic (exact) mass is 776 g/mol. The quantitative estimate of drug-likeness (QED) is 0.0887. The maximum Gasteiger partial charge on any atom is 0.410 e. The topological polar surface area (TPSA) is 165 Å². The zero-order chi connectivity index (χ0) is 39.2. The lowest BCUT2D eigenvalue weighted by Gasteiger charge is -2.40. The Morgan fingerprint density at radius 2 is 1.79 bits per heavy atom. The van der Waals surface area contributed by atoms with Crippen molar-refractivity contribution in [3.63, 3.8) is 0 Å². The Morgan fingerprint density at radius 3 is 2.42 bits per heavy atom. The van der Waals surface area contributed by atoms with Gasteiger partial charge in [-0.25, -0.2) is 18.4 Å². The van der Waals surface area contributed by atoms with Gasteiger partial charge in [0, 0.05) is 35.8 Å². The van der Waals surface area contributed by atoms with Gasteiger partial charge in [-0.2, -0.15) is 0 Å². The lowest BCUT2D eigenvalue weighted by atomic mass is 9.62. The van der Waals surface area contributed by atoms with Crippen LogP contribution in [-0.2, 0) is 24.5 Å². The van der Waals surface area contributed by atoms with E-state index in [0.717, 1.165) is 6.07 Å². The molecule has 12 nitrogen and oxygen atoms in total. The van der Waals surface area contributed by atoms with E-state index in [1.165, 1.54) is 63.5 Å². The van der Waals surface area contributed by atoms with Gasteiger partial charge in [0.1, 0.15) is 23.4 Å². The maximum atomic E-state index is 16.1. The van der Waals surface area contributed by atoms with Crippen molar-refractivity contribution >= 4 is 59.0 Å². The van der Waals surface area contributed by atoms with Crippen LogP contribution < -0.4 is 20.7 Å². The summed E-state index contributed by atoms with van der Waals surface area (Å²) in [5, 5.41) is 17.1. The van der Waals surface area contributed by atoms with Gasteiger partial charge in [0.2, 0.25) is 12.7 Å². The van der Waals surface area contributed by atoms with Crippen molar-refractivity contribution in [2.75, 3.05) is 26.3 Å². The molecule has 4 rings (SSSR count). The summed E-state index contributed by atoms with van der Waals surface area (Å²) in [5.74, 6) is -5.37. The van der Waals surface area contributed by atoms with Crippen molar-refractivity contribution in [1.82, 2.24) is 10.6 Å². The molecule has 0 unspecified atom stereocenters. The number of anilines is 1. The van der Waals surface area contributed by atoms with E-state index < -0.39 is 71.8 Å². The lowest BCUT2D eigenvalue weighted by Crippen LogP contribution is -2.47. The van der Waals surface area contributed by atoms with Gasteiger partial charge in [-0.05, 0) is 60.7 Å². The first kappa shape index (κ1) is 41.0. The Labute approximate surface area is 315 Å². The van der Waals surface area contributed by atoms with E-state index in [1.807, 2.05) is 26.1 Å². The van der Waals surface area contributed by atoms with E-state index in [1.54, 1.807) is 12.3 Å². The summed E-state index contributed by atoms with van der Waals surface area (Å²) in [6.45, 7) is 6.36. The van der Waals surface area contributed by atoms with Crippen LogP contribution in [0.25, 0.3) is 0 Å². The molecule has 1 aliphatic rings. The van der Waals surface area contributed by atoms with E-state index in [0.29, 0.717) is 6.42 Å². The van der Waals surface area contributed by atoms with Crippen molar-refractivity contribution in [3.8, 4) is 5.75 Å². The highest BCUT2D eigenvalue weighted by Gasteiger charge is 2.59. The van der Waals surface area contributed by atoms with Gasteiger partial charge in [-0.15, -0.1) is 0 Å². The molecule has 0 radical (unpaired) electrons. The molecule has 1 saturated heterocycles. The standard InChI is InChI=1S/C37H40Cl2F2N4O8/c1-19(33(47)48)43-35(50)53-18-52-34(49)20-10-13-26(27(14-20)51-6)44-32(46)31-29(22-8-7-9-24(39)30(22)41)37(17-42-5,28(45-31)16-36(2,3)4)23-12-11-21(38)15-25(23)40/h7-15,17,19,28-29,31,45H,16,18H2,1-6H3,(H,43,50)(H,44,46)(H,47,48)/b42-17-/t19-,28-,29-,31+,37-/m0/s1. The average molecular weight is 778 g/mol. The lowest BCUT2D eigenvalue weighted by molar-refractivity contribution is -0.139. The van der Waals surface area contributed by atoms with Crippen molar-refractivity contribution in [3.05, 3.63) is 93.0 Å². The predicted molar refractivity (Wildman–Crippen MR) is 195 cm³/mol. The highest BCUT2D eigenvalue weighted by molar-refractivity contribution is 6.31. The average Bonchev–Trinajstić information content (AvgIpc) is 3.38. The molecule has 2 amide bonds. The smallest absolute Gasteiger partial charge is 0.410 e. The Hall–Kier alpha value is -4.79. The minimum Gasteiger partial charge on any atom is -0.495 e. The Kier molecular flexibility index (Phi) is 13.1. The molecule has 4 N–H and O–H groups in total. The van der Waals surface area contributed by atoms with Crippen LogP contribution in [0.1, 0.15) is 61.5 Å². The molecule has 0 aromatic heterocycles. The van der Waals surface area contributed by atoms with Crippen LogP contribution >= 0.6 is 23.2 Å². The number of alkyl carbamates (subject to hydrolysis) is 1. The third-order valence-corrected chi connectivity index (χ3v) is 9.27. The number of ether oxygens (including phenoxy) is 3. The fourth-order valence-electron chi connectivity index (χ4n) is 6.49. The Balaban J connectivity index is 1.73. The van der Waals surface area contributed by atoms with Crippen LogP contribution in [-0.4, -0.2) is 74.3 Å². The van der Waals surface area contributed by atoms with Gasteiger partial charge in [0.15, 0.2) is 0 Å². The number of aliphatic carboxylic acids is 1. The van der Waals surface area contributed by atoms with Gasteiger partial charge in [-0.1, -0.05) is 62.2 Å². The van der Waals surface area contributed by atoms with E-state index in [9.17, 15) is 19.2 Å². The summed E-state index contributed by atoms with van der Waals surface area (Å²) in [7, 11) is 2.82. The third-order valence-electron chi connectivity index (χ3n) is 8.74. The van der Waals surface area contributed by atoms with Crippen LogP contribution in [0.3, 0.4) is 0 Å². The second kappa shape index (κ2) is 16.9. The summed E-state index contributed by atoms with van der Waals surface area (Å²) in [6.07, 6.45) is 0.827. The number of nitrogens with zero attached hydrogens (tertiary/aromatic N) is 1. The summed E-state index contributed by atoms with van der Waals surface area (Å²) in [5.41, 5.74) is -1.52. The number of rotatable bonds is 12. The normalized spacial score (nSPS) is 20.5. The number of carboxylic acid groups (broad SMARTS) is 1. The first-order chi connectivity index (χ1) is 24.9. The van der Waals surface area contributed by atoms with Crippen LogP contribution in [0, 0.1) is 17.0 Å². The number of esters is 1. The van der Waals surface area contributed by atoms with Crippen LogP contribution in [0.15, 0.2) is 59.6 Å². The highest BCUT2D eigenvalue weighted by Crippen LogP contribution is 2.52. The molecule has 0 spiro atoms. The number of halogens is 4. The Morgan fingerprint density at radius 1 is 1.08 bits per heavy atom. The van der Waals surface area contributed by atoms with Crippen molar-refractivity contribution < 1.29 is 47.3 Å². The van der Waals surface area contributed by atoms with Crippen molar-refractivity contribution in [2.45, 2.75) is 63.6 Å². The number of aliphatic imine (C=N–C) groups is 1. The van der Waals surface area contributed by atoms with Gasteiger partial charge in [0.05, 0.1) is 34.8 Å². The number of carbonyl (C=O) groups is 4. The predicted octanol–water partition coefficient (Wildman–Crippen LogP) is 6.73. The van der Waals surface area contributed by atoms with E-state index in [2.05, 4.69) is 15.6 Å². The van der Waals surface area contributed by atoms with Gasteiger partial charge in [0.25, 0.3) is 0 Å². The fourth-order valence-corrected chi connectivity index (χ4v) is 6.83. The van der Waals surface area contributed by atoms with Gasteiger partial charge < -0.3 is 35.3 Å². The molecular formula is C37H40Cl2F2N4O8. The molecule has 1 aliphatic heterocycles. The molecule has 3 aromatic carbocycles. The second-order valence-corrected chi connectivity index (χ2v) is 14.5. The maximum absolute atomic E-state index is 16.1. The van der Waals surface area contributed by atoms with E-state index >= 15 is 8.78 Å². The summed E-state index contributed by atoms with van der Waals surface area (Å²) in [4.78, 5) is 54.2. The van der Waals surface area contributed by atoms with Crippen LogP contribution in [0.2, 0.25) is 10.0 Å². The number of amides is 2. The fraction of sp³-hybridized carbons (Fsp3) is 0.378. The molecule has 0 aliphatic carbocycles. The zero-order valence-corrected chi connectivity index (χ0v) is 31.3. The van der Waals surface area contributed by atoms with Gasteiger partial charge >= 0.3 is 18.0 Å². The first-order valence-corrected chi connectivity index (χ1v) is 17.1. The third kappa shape index (κ3) is 9.24. The number of carboxylic acids is 1. The number of hydrogen-bond acceptors (Lipinski definition) is 9. The molecule has 53 heavy (non-hydrogen) atoms. The molecule has 0 saturated carbocycles. The van der Waals surface area contributed by atoms with Crippen molar-refractivity contribution in [2.24, 2.45) is 10.4 Å². The highest BCUT2D eigenvalue weighted by atomic mass is 35.5. The van der Waals surface area contributed by atoms with E-state index in [-0.39, 0.29) is 43.6 Å². The number of nitrogens with one attached hydrogen (secondary N) is 3. The first-order valence-electron chi connectivity index (χ1n) is 16.3. The number of methoxy groups -OCH3 is 1. The molecule has 3 aromatic rings. The summed E-state index contributed by atoms with van der Waals surface area (Å²) in [6, 6.07) is 9.50. The minimum absolute atomic E-state index is 0.0396. The minimum atomic E-state index is -1.44. The zero-order valence-electron chi connectivity index (χ0n) is 29.8. The molecule has 0 bridgehead atoms. The SMILES string of the molecule is C/N=C\[C@]1(c2ccc(Cl)cc2F)[C@H](CC(C)(C)C)N[C@@H](C(=O)Nc2ccc(C(=O)OCOC(=O)N[C@@H](C)C(=O)O)cc2OC)[C@@H]1c1cccc(Cl)c1F. The Bertz CT molecular complexity index is 1910. The molecule has 284 valence electrons. The van der Waals surface area contributed by atoms with Gasteiger partial charge in [-0.3, -0.25) is 14.6 Å².